The highest BCUT2D eigenvalue weighted by molar-refractivity contribution is 4.77. The highest BCUT2D eigenvalue weighted by Gasteiger charge is 2.20. The summed E-state index contributed by atoms with van der Waals surface area (Å²) in [6.07, 6.45) is 3.95. The molecule has 0 saturated carbocycles. The molecule has 1 saturated heterocycles. The van der Waals surface area contributed by atoms with Gasteiger partial charge >= 0.3 is 0 Å². The van der Waals surface area contributed by atoms with Crippen molar-refractivity contribution in [1.82, 2.24) is 10.2 Å². The van der Waals surface area contributed by atoms with Gasteiger partial charge in [-0.3, -0.25) is 4.90 Å². The smallest absolute Gasteiger partial charge is 0.0484 e. The SMILES string of the molecule is CCCCN1CNCC1CC. The normalized spacial score (nSPS) is 26.2. The average Bonchev–Trinajstić information content (AvgIpc) is 2.47. The number of hydrogen-bond donors (Lipinski definition) is 1. The molecule has 1 fully saturated rings. The number of hydrogen-bond acceptors (Lipinski definition) is 2. The van der Waals surface area contributed by atoms with Gasteiger partial charge in [0.15, 0.2) is 0 Å². The number of unbranched alkanes of at least 4 members (excludes halogenated alkanes) is 1. The van der Waals surface area contributed by atoms with Crippen molar-refractivity contribution in [3.63, 3.8) is 0 Å². The summed E-state index contributed by atoms with van der Waals surface area (Å²) in [6, 6.07) is 0.807. The summed E-state index contributed by atoms with van der Waals surface area (Å²) in [5.74, 6) is 0. The molecule has 0 aliphatic carbocycles. The molecule has 66 valence electrons. The zero-order chi connectivity index (χ0) is 8.10. The topological polar surface area (TPSA) is 15.3 Å². The molecule has 2 heteroatoms. The van der Waals surface area contributed by atoms with Crippen LogP contribution < -0.4 is 5.32 Å². The molecule has 1 heterocycles. The van der Waals surface area contributed by atoms with Crippen LogP contribution in [0.3, 0.4) is 0 Å². The quantitative estimate of drug-likeness (QED) is 0.662. The van der Waals surface area contributed by atoms with E-state index >= 15 is 0 Å². The van der Waals surface area contributed by atoms with Crippen LogP contribution in [0.2, 0.25) is 0 Å². The van der Waals surface area contributed by atoms with Gasteiger partial charge in [-0.15, -0.1) is 0 Å². The first-order chi connectivity index (χ1) is 5.38. The molecular weight excluding hydrogens is 136 g/mol. The molecule has 2 nitrogen and oxygen atoms in total. The van der Waals surface area contributed by atoms with E-state index in [-0.39, 0.29) is 0 Å². The minimum absolute atomic E-state index is 0.807. The summed E-state index contributed by atoms with van der Waals surface area (Å²) in [7, 11) is 0. The predicted octanol–water partition coefficient (Wildman–Crippen LogP) is 1.43. The largest absolute Gasteiger partial charge is 0.303 e. The lowest BCUT2D eigenvalue weighted by Gasteiger charge is -2.21. The molecule has 11 heavy (non-hydrogen) atoms. The maximum Gasteiger partial charge on any atom is 0.0484 e. The second-order valence-electron chi connectivity index (χ2n) is 3.34. The number of nitrogens with zero attached hydrogens (tertiary/aromatic N) is 1. The molecule has 1 unspecified atom stereocenters. The zero-order valence-corrected chi connectivity index (χ0v) is 7.77. The van der Waals surface area contributed by atoms with E-state index < -0.39 is 0 Å². The Balaban J connectivity index is 2.20. The van der Waals surface area contributed by atoms with E-state index in [0.29, 0.717) is 0 Å². The maximum atomic E-state index is 3.41. The Morgan fingerprint density at radius 2 is 2.27 bits per heavy atom. The summed E-state index contributed by atoms with van der Waals surface area (Å²) < 4.78 is 0. The van der Waals surface area contributed by atoms with Crippen molar-refractivity contribution in [1.29, 1.82) is 0 Å². The molecular formula is C9H20N2. The monoisotopic (exact) mass is 156 g/mol. The van der Waals surface area contributed by atoms with Crippen molar-refractivity contribution >= 4 is 0 Å². The van der Waals surface area contributed by atoms with Crippen LogP contribution in [0.15, 0.2) is 0 Å². The van der Waals surface area contributed by atoms with Crippen molar-refractivity contribution < 1.29 is 0 Å². The fraction of sp³-hybridized carbons (Fsp3) is 1.00. The van der Waals surface area contributed by atoms with Gasteiger partial charge < -0.3 is 5.32 Å². The number of nitrogens with one attached hydrogen (secondary N) is 1. The summed E-state index contributed by atoms with van der Waals surface area (Å²) in [4.78, 5) is 2.56. The highest BCUT2D eigenvalue weighted by Crippen LogP contribution is 2.08. The molecule has 1 aliphatic heterocycles. The van der Waals surface area contributed by atoms with Gasteiger partial charge in [-0.05, 0) is 19.4 Å². The van der Waals surface area contributed by atoms with Crippen molar-refractivity contribution in [3.8, 4) is 0 Å². The second kappa shape index (κ2) is 4.73. The molecule has 1 aliphatic rings. The average molecular weight is 156 g/mol. The maximum absolute atomic E-state index is 3.41. The third-order valence-corrected chi connectivity index (χ3v) is 2.48. The molecule has 0 spiro atoms. The molecule has 0 radical (unpaired) electrons. The van der Waals surface area contributed by atoms with Gasteiger partial charge in [0.05, 0.1) is 0 Å². The Morgan fingerprint density at radius 1 is 1.45 bits per heavy atom. The van der Waals surface area contributed by atoms with Gasteiger partial charge in [0, 0.05) is 19.3 Å². The molecule has 0 amide bonds. The lowest BCUT2D eigenvalue weighted by molar-refractivity contribution is 0.248. The number of rotatable bonds is 4. The summed E-state index contributed by atoms with van der Waals surface area (Å²) >= 11 is 0. The van der Waals surface area contributed by atoms with E-state index in [0.717, 1.165) is 12.7 Å². The van der Waals surface area contributed by atoms with Crippen LogP contribution in [-0.2, 0) is 0 Å². The molecule has 0 aromatic rings. The van der Waals surface area contributed by atoms with E-state index in [1.807, 2.05) is 0 Å². The van der Waals surface area contributed by atoms with Crippen molar-refractivity contribution in [2.75, 3.05) is 19.8 Å². The Kier molecular flexibility index (Phi) is 3.87. The fourth-order valence-electron chi connectivity index (χ4n) is 1.66. The molecule has 0 aromatic carbocycles. The summed E-state index contributed by atoms with van der Waals surface area (Å²) in [5, 5.41) is 3.41. The van der Waals surface area contributed by atoms with Crippen LogP contribution in [0.4, 0.5) is 0 Å². The van der Waals surface area contributed by atoms with Gasteiger partial charge in [-0.1, -0.05) is 20.3 Å². The fourth-order valence-corrected chi connectivity index (χ4v) is 1.66. The van der Waals surface area contributed by atoms with Crippen LogP contribution in [0.5, 0.6) is 0 Å². The van der Waals surface area contributed by atoms with Crippen LogP contribution in [0, 0.1) is 0 Å². The third-order valence-electron chi connectivity index (χ3n) is 2.48. The van der Waals surface area contributed by atoms with Gasteiger partial charge in [0.25, 0.3) is 0 Å². The van der Waals surface area contributed by atoms with Crippen LogP contribution in [-0.4, -0.2) is 30.7 Å². The van der Waals surface area contributed by atoms with E-state index in [1.165, 1.54) is 32.4 Å². The van der Waals surface area contributed by atoms with Crippen molar-refractivity contribution in [2.24, 2.45) is 0 Å². The molecule has 1 N–H and O–H groups in total. The molecule has 1 atom stereocenters. The van der Waals surface area contributed by atoms with Crippen molar-refractivity contribution in [2.45, 2.75) is 39.2 Å². The Morgan fingerprint density at radius 3 is 2.91 bits per heavy atom. The zero-order valence-electron chi connectivity index (χ0n) is 7.77. The van der Waals surface area contributed by atoms with Crippen LogP contribution in [0.25, 0.3) is 0 Å². The van der Waals surface area contributed by atoms with Gasteiger partial charge in [-0.2, -0.15) is 0 Å². The Labute approximate surface area is 70.0 Å². The lowest BCUT2D eigenvalue weighted by Crippen LogP contribution is -2.31. The third kappa shape index (κ3) is 2.46. The molecule has 0 aromatic heterocycles. The van der Waals surface area contributed by atoms with E-state index in [9.17, 15) is 0 Å². The first kappa shape index (κ1) is 9.01. The minimum Gasteiger partial charge on any atom is -0.303 e. The lowest BCUT2D eigenvalue weighted by atomic mass is 10.2. The Bertz CT molecular complexity index is 104. The van der Waals surface area contributed by atoms with Crippen LogP contribution >= 0.6 is 0 Å². The first-order valence-corrected chi connectivity index (χ1v) is 4.83. The second-order valence-corrected chi connectivity index (χ2v) is 3.34. The van der Waals surface area contributed by atoms with E-state index in [1.54, 1.807) is 0 Å². The highest BCUT2D eigenvalue weighted by atomic mass is 15.3. The van der Waals surface area contributed by atoms with Gasteiger partial charge in [0.2, 0.25) is 0 Å². The minimum atomic E-state index is 0.807. The standard InChI is InChI=1S/C9H20N2/c1-3-5-6-11-8-10-7-9(11)4-2/h9-10H,3-8H2,1-2H3. The van der Waals surface area contributed by atoms with Gasteiger partial charge in [-0.25, -0.2) is 0 Å². The van der Waals surface area contributed by atoms with E-state index in [2.05, 4.69) is 24.1 Å². The van der Waals surface area contributed by atoms with Crippen molar-refractivity contribution in [3.05, 3.63) is 0 Å². The Hall–Kier alpha value is -0.0800. The predicted molar refractivity (Wildman–Crippen MR) is 48.6 cm³/mol. The summed E-state index contributed by atoms with van der Waals surface area (Å²) in [6.45, 7) is 8.11. The van der Waals surface area contributed by atoms with Crippen LogP contribution in [0.1, 0.15) is 33.1 Å². The first-order valence-electron chi connectivity index (χ1n) is 4.83. The van der Waals surface area contributed by atoms with Gasteiger partial charge in [0.1, 0.15) is 0 Å². The molecule has 0 bridgehead atoms. The molecule has 1 rings (SSSR count). The van der Waals surface area contributed by atoms with E-state index in [4.69, 9.17) is 0 Å². The summed E-state index contributed by atoms with van der Waals surface area (Å²) in [5.41, 5.74) is 0.